The van der Waals surface area contributed by atoms with Crippen LogP contribution in [0.4, 0.5) is 0 Å². The molecule has 0 aliphatic heterocycles. The van der Waals surface area contributed by atoms with Gasteiger partial charge < -0.3 is 10.8 Å². The number of nitrogens with two attached hydrogens (primary N) is 1. The molecule has 0 aliphatic rings. The number of rotatable bonds is 3. The Morgan fingerprint density at radius 2 is 2.05 bits per heavy atom. The number of hydrogen-bond acceptors (Lipinski definition) is 3. The van der Waals surface area contributed by atoms with E-state index in [-0.39, 0.29) is 5.69 Å². The first-order valence-electron chi connectivity index (χ1n) is 5.47. The highest BCUT2D eigenvalue weighted by Gasteiger charge is 2.32. The maximum Gasteiger partial charge on any atom is 0.357 e. The maximum atomic E-state index is 11.5. The van der Waals surface area contributed by atoms with Gasteiger partial charge in [-0.15, -0.1) is 0 Å². The Morgan fingerprint density at radius 1 is 1.42 bits per heavy atom. The zero-order chi connectivity index (χ0) is 14.4. The molecule has 2 aromatic rings. The summed E-state index contributed by atoms with van der Waals surface area (Å²) in [5.41, 5.74) is 4.68. The molecular weight excluding hydrogens is 314 g/mol. The molecule has 0 fully saturated rings. The third kappa shape index (κ3) is 2.10. The van der Waals surface area contributed by atoms with Crippen molar-refractivity contribution in [2.45, 2.75) is 19.4 Å². The van der Waals surface area contributed by atoms with Gasteiger partial charge in [0.05, 0.1) is 5.52 Å². The minimum atomic E-state index is -1.15. The van der Waals surface area contributed by atoms with E-state index < -0.39 is 17.4 Å². The van der Waals surface area contributed by atoms with Crippen molar-refractivity contribution in [2.24, 2.45) is 5.73 Å². The lowest BCUT2D eigenvalue weighted by atomic mass is 10.1. The number of nitrogens with zero attached hydrogens (tertiary/aromatic N) is 2. The number of amides is 1. The topological polar surface area (TPSA) is 98.2 Å². The molecule has 0 saturated heterocycles. The summed E-state index contributed by atoms with van der Waals surface area (Å²) in [5.74, 6) is -1.74. The Kier molecular flexibility index (Phi) is 3.09. The van der Waals surface area contributed by atoms with Gasteiger partial charge >= 0.3 is 5.97 Å². The van der Waals surface area contributed by atoms with Gasteiger partial charge in [-0.25, -0.2) is 9.48 Å². The molecule has 3 N–H and O–H groups in total. The number of fused-ring (bicyclic) bond motifs is 1. The van der Waals surface area contributed by atoms with E-state index in [2.05, 4.69) is 21.0 Å². The second kappa shape index (κ2) is 4.34. The van der Waals surface area contributed by atoms with Crippen molar-refractivity contribution in [3.63, 3.8) is 0 Å². The number of aromatic nitrogens is 2. The third-order valence-electron chi connectivity index (χ3n) is 2.98. The summed E-state index contributed by atoms with van der Waals surface area (Å²) in [6.45, 7) is 3.18. The van der Waals surface area contributed by atoms with Crippen molar-refractivity contribution in [1.29, 1.82) is 0 Å². The molecule has 7 heteroatoms. The molecule has 6 nitrogen and oxygen atoms in total. The highest BCUT2D eigenvalue weighted by molar-refractivity contribution is 9.10. The summed E-state index contributed by atoms with van der Waals surface area (Å²) in [7, 11) is 0. The van der Waals surface area contributed by atoms with Crippen LogP contribution in [0.5, 0.6) is 0 Å². The Morgan fingerprint density at radius 3 is 2.58 bits per heavy atom. The summed E-state index contributed by atoms with van der Waals surface area (Å²) in [6, 6.07) is 5.07. The second-order valence-electron chi connectivity index (χ2n) is 4.65. The largest absolute Gasteiger partial charge is 0.476 e. The van der Waals surface area contributed by atoms with Gasteiger partial charge in [0.25, 0.3) is 0 Å². The van der Waals surface area contributed by atoms with Gasteiger partial charge in [-0.3, -0.25) is 4.79 Å². The summed E-state index contributed by atoms with van der Waals surface area (Å²) in [6.07, 6.45) is 0. The van der Waals surface area contributed by atoms with E-state index in [0.29, 0.717) is 10.9 Å². The number of carbonyl (C=O) groups excluding carboxylic acids is 1. The lowest BCUT2D eigenvalue weighted by molar-refractivity contribution is -0.125. The molecule has 2 rings (SSSR count). The fourth-order valence-corrected chi connectivity index (χ4v) is 2.13. The first-order valence-corrected chi connectivity index (χ1v) is 6.26. The first kappa shape index (κ1) is 13.5. The maximum absolute atomic E-state index is 11.5. The van der Waals surface area contributed by atoms with E-state index in [1.165, 1.54) is 4.68 Å². The van der Waals surface area contributed by atoms with E-state index in [0.717, 1.165) is 4.47 Å². The van der Waals surface area contributed by atoms with Crippen LogP contribution in [0, 0.1) is 0 Å². The molecule has 0 unspecified atom stereocenters. The lowest BCUT2D eigenvalue weighted by Gasteiger charge is -2.22. The molecule has 0 aliphatic carbocycles. The van der Waals surface area contributed by atoms with E-state index in [4.69, 9.17) is 10.8 Å². The molecule has 1 amide bonds. The average Bonchev–Trinajstić information content (AvgIpc) is 2.67. The number of carboxylic acids is 1. The molecule has 0 saturated carbocycles. The minimum Gasteiger partial charge on any atom is -0.476 e. The molecule has 100 valence electrons. The smallest absolute Gasteiger partial charge is 0.357 e. The van der Waals surface area contributed by atoms with E-state index in [9.17, 15) is 9.59 Å². The number of hydrogen-bond donors (Lipinski definition) is 2. The normalized spacial score (nSPS) is 11.7. The first-order chi connectivity index (χ1) is 8.75. The van der Waals surface area contributed by atoms with Crippen LogP contribution in [0.1, 0.15) is 24.3 Å². The molecular formula is C12H12BrN3O3. The van der Waals surface area contributed by atoms with Crippen molar-refractivity contribution in [3.8, 4) is 0 Å². The highest BCUT2D eigenvalue weighted by Crippen LogP contribution is 2.27. The van der Waals surface area contributed by atoms with E-state index in [1.54, 1.807) is 32.0 Å². The standard InChI is InChI=1S/C12H12BrN3O3/c1-12(2,11(14)19)16-8-5-6(13)3-4-7(8)9(15-16)10(17)18/h3-5H,1-2H3,(H2,14,19)(H,17,18). The summed E-state index contributed by atoms with van der Waals surface area (Å²) in [4.78, 5) is 22.7. The number of aromatic carboxylic acids is 1. The quantitative estimate of drug-likeness (QED) is 0.897. The van der Waals surface area contributed by atoms with Crippen LogP contribution in [-0.4, -0.2) is 26.8 Å². The van der Waals surface area contributed by atoms with Crippen molar-refractivity contribution >= 4 is 38.7 Å². The summed E-state index contributed by atoms with van der Waals surface area (Å²) in [5, 5.41) is 13.6. The second-order valence-corrected chi connectivity index (χ2v) is 5.57. The summed E-state index contributed by atoms with van der Waals surface area (Å²) >= 11 is 3.31. The predicted octanol–water partition coefficient (Wildman–Crippen LogP) is 1.72. The van der Waals surface area contributed by atoms with Crippen molar-refractivity contribution < 1.29 is 14.7 Å². The molecule has 1 aromatic carbocycles. The van der Waals surface area contributed by atoms with Gasteiger partial charge in [-0.2, -0.15) is 5.10 Å². The number of carbonyl (C=O) groups is 2. The van der Waals surface area contributed by atoms with Gasteiger partial charge in [0, 0.05) is 9.86 Å². The molecule has 19 heavy (non-hydrogen) atoms. The van der Waals surface area contributed by atoms with Crippen molar-refractivity contribution in [3.05, 3.63) is 28.4 Å². The fourth-order valence-electron chi connectivity index (χ4n) is 1.78. The van der Waals surface area contributed by atoms with E-state index >= 15 is 0 Å². The molecule has 1 heterocycles. The van der Waals surface area contributed by atoms with Gasteiger partial charge in [0.1, 0.15) is 5.54 Å². The molecule has 0 radical (unpaired) electrons. The van der Waals surface area contributed by atoms with Gasteiger partial charge in [0.15, 0.2) is 5.69 Å². The van der Waals surface area contributed by atoms with E-state index in [1.807, 2.05) is 0 Å². The van der Waals surface area contributed by atoms with Crippen molar-refractivity contribution in [2.75, 3.05) is 0 Å². The predicted molar refractivity (Wildman–Crippen MR) is 72.9 cm³/mol. The van der Waals surface area contributed by atoms with Crippen LogP contribution >= 0.6 is 15.9 Å². The zero-order valence-electron chi connectivity index (χ0n) is 10.3. The van der Waals surface area contributed by atoms with Crippen LogP contribution in [-0.2, 0) is 10.3 Å². The van der Waals surface area contributed by atoms with Gasteiger partial charge in [-0.1, -0.05) is 15.9 Å². The van der Waals surface area contributed by atoms with Crippen LogP contribution in [0.15, 0.2) is 22.7 Å². The number of benzene rings is 1. The molecule has 0 spiro atoms. The van der Waals surface area contributed by atoms with Gasteiger partial charge in [-0.05, 0) is 32.0 Å². The molecule has 1 aromatic heterocycles. The number of carboxylic acid groups (broad SMARTS) is 1. The number of primary amides is 1. The SMILES string of the molecule is CC(C)(C(N)=O)n1nc(C(=O)O)c2ccc(Br)cc21. The number of halogens is 1. The fraction of sp³-hybridized carbons (Fsp3) is 0.250. The van der Waals surface area contributed by atoms with Crippen LogP contribution in [0.25, 0.3) is 10.9 Å². The Bertz CT molecular complexity index is 691. The Hall–Kier alpha value is -1.89. The minimum absolute atomic E-state index is 0.100. The summed E-state index contributed by atoms with van der Waals surface area (Å²) < 4.78 is 2.11. The Balaban J connectivity index is 2.85. The molecule has 0 bridgehead atoms. The Labute approximate surface area is 117 Å². The average molecular weight is 326 g/mol. The monoisotopic (exact) mass is 325 g/mol. The van der Waals surface area contributed by atoms with Crippen LogP contribution in [0.3, 0.4) is 0 Å². The molecule has 0 atom stereocenters. The lowest BCUT2D eigenvalue weighted by Crippen LogP contribution is -2.41. The van der Waals surface area contributed by atoms with Crippen LogP contribution in [0.2, 0.25) is 0 Å². The van der Waals surface area contributed by atoms with Gasteiger partial charge in [0.2, 0.25) is 5.91 Å². The zero-order valence-corrected chi connectivity index (χ0v) is 11.9. The van der Waals surface area contributed by atoms with Crippen LogP contribution < -0.4 is 5.73 Å². The van der Waals surface area contributed by atoms with Crippen molar-refractivity contribution in [1.82, 2.24) is 9.78 Å². The highest BCUT2D eigenvalue weighted by atomic mass is 79.9. The third-order valence-corrected chi connectivity index (χ3v) is 3.47.